The van der Waals surface area contributed by atoms with E-state index in [9.17, 15) is 19.7 Å². The molecule has 2 aromatic carbocycles. The molecule has 0 atom stereocenters. The number of nitrogens with one attached hydrogen (secondary N) is 3. The van der Waals surface area contributed by atoms with Crippen molar-refractivity contribution in [3.63, 3.8) is 0 Å². The van der Waals surface area contributed by atoms with Gasteiger partial charge in [0, 0.05) is 24.0 Å². The molecule has 0 saturated carbocycles. The third kappa shape index (κ3) is 4.90. The predicted octanol–water partition coefficient (Wildman–Crippen LogP) is 3.15. The highest BCUT2D eigenvalue weighted by atomic mass is 16.6. The maximum atomic E-state index is 12.2. The van der Waals surface area contributed by atoms with Gasteiger partial charge in [-0.1, -0.05) is 18.2 Å². The van der Waals surface area contributed by atoms with E-state index in [0.717, 1.165) is 0 Å². The van der Waals surface area contributed by atoms with Gasteiger partial charge in [0.15, 0.2) is 0 Å². The van der Waals surface area contributed by atoms with Crippen LogP contribution in [0, 0.1) is 10.1 Å². The number of hydrogen-bond donors (Lipinski definition) is 3. The van der Waals surface area contributed by atoms with Crippen LogP contribution in [0.3, 0.4) is 0 Å². The number of nitrogens with zero attached hydrogens (tertiary/aromatic N) is 1. The van der Waals surface area contributed by atoms with Gasteiger partial charge in [-0.3, -0.25) is 14.9 Å². The van der Waals surface area contributed by atoms with E-state index < -0.39 is 10.8 Å². The SMILES string of the molecule is C=CCNC(=O)Nc1ccc(NC(=O)c2ccccc2[N+](=O)[O-])cc1. The van der Waals surface area contributed by atoms with Gasteiger partial charge < -0.3 is 16.0 Å². The lowest BCUT2D eigenvalue weighted by Crippen LogP contribution is -2.28. The largest absolute Gasteiger partial charge is 0.334 e. The summed E-state index contributed by atoms with van der Waals surface area (Å²) in [7, 11) is 0. The molecule has 0 bridgehead atoms. The van der Waals surface area contributed by atoms with Crippen LogP contribution in [-0.4, -0.2) is 23.4 Å². The van der Waals surface area contributed by atoms with Crippen molar-refractivity contribution in [2.75, 3.05) is 17.2 Å². The molecule has 0 aliphatic carbocycles. The number of amides is 3. The zero-order chi connectivity index (χ0) is 18.2. The summed E-state index contributed by atoms with van der Waals surface area (Å²) in [5, 5.41) is 18.7. The predicted molar refractivity (Wildman–Crippen MR) is 94.7 cm³/mol. The molecule has 128 valence electrons. The molecule has 0 fully saturated rings. The average Bonchev–Trinajstić information content (AvgIpc) is 2.61. The van der Waals surface area contributed by atoms with Gasteiger partial charge >= 0.3 is 6.03 Å². The van der Waals surface area contributed by atoms with Crippen molar-refractivity contribution in [2.24, 2.45) is 0 Å². The Balaban J connectivity index is 2.04. The summed E-state index contributed by atoms with van der Waals surface area (Å²) in [4.78, 5) is 34.1. The molecule has 8 heteroatoms. The number of benzene rings is 2. The van der Waals surface area contributed by atoms with Crippen molar-refractivity contribution < 1.29 is 14.5 Å². The number of urea groups is 1. The average molecular weight is 340 g/mol. The Morgan fingerprint density at radius 2 is 1.64 bits per heavy atom. The van der Waals surface area contributed by atoms with Gasteiger partial charge in [0.05, 0.1) is 4.92 Å². The Labute approximate surface area is 143 Å². The molecule has 2 rings (SSSR count). The molecule has 0 radical (unpaired) electrons. The first-order valence-corrected chi connectivity index (χ1v) is 7.32. The van der Waals surface area contributed by atoms with Gasteiger partial charge in [0.2, 0.25) is 0 Å². The van der Waals surface area contributed by atoms with Gasteiger partial charge in [0.1, 0.15) is 5.56 Å². The third-order valence-corrected chi connectivity index (χ3v) is 3.15. The number of para-hydroxylation sites is 1. The van der Waals surface area contributed by atoms with Crippen molar-refractivity contribution in [1.29, 1.82) is 0 Å². The smallest absolute Gasteiger partial charge is 0.319 e. The highest BCUT2D eigenvalue weighted by Crippen LogP contribution is 2.20. The maximum absolute atomic E-state index is 12.2. The summed E-state index contributed by atoms with van der Waals surface area (Å²) < 4.78 is 0. The maximum Gasteiger partial charge on any atom is 0.319 e. The molecule has 0 aliphatic rings. The van der Waals surface area contributed by atoms with Crippen LogP contribution < -0.4 is 16.0 Å². The molecule has 2 aromatic rings. The molecule has 3 N–H and O–H groups in total. The van der Waals surface area contributed by atoms with Crippen LogP contribution in [0.5, 0.6) is 0 Å². The van der Waals surface area contributed by atoms with Crippen LogP contribution in [0.25, 0.3) is 0 Å². The van der Waals surface area contributed by atoms with Crippen LogP contribution in [0.15, 0.2) is 61.2 Å². The van der Waals surface area contributed by atoms with Crippen molar-refractivity contribution in [3.05, 3.63) is 76.9 Å². The van der Waals surface area contributed by atoms with Crippen LogP contribution in [0.4, 0.5) is 21.9 Å². The number of nitro groups is 1. The van der Waals surface area contributed by atoms with Crippen LogP contribution in [0.2, 0.25) is 0 Å². The lowest BCUT2D eigenvalue weighted by Gasteiger charge is -2.08. The number of carbonyl (C=O) groups is 2. The number of rotatable bonds is 6. The topological polar surface area (TPSA) is 113 Å². The molecule has 3 amide bonds. The summed E-state index contributed by atoms with van der Waals surface area (Å²) in [5.41, 5.74) is 0.682. The quantitative estimate of drug-likeness (QED) is 0.426. The van der Waals surface area contributed by atoms with E-state index in [1.807, 2.05) is 0 Å². The molecule has 0 heterocycles. The second kappa shape index (κ2) is 8.25. The van der Waals surface area contributed by atoms with E-state index in [0.29, 0.717) is 17.9 Å². The number of carbonyl (C=O) groups excluding carboxylic acids is 2. The van der Waals surface area contributed by atoms with Crippen molar-refractivity contribution in [2.45, 2.75) is 0 Å². The van der Waals surface area contributed by atoms with E-state index in [2.05, 4.69) is 22.5 Å². The lowest BCUT2D eigenvalue weighted by atomic mass is 10.1. The summed E-state index contributed by atoms with van der Waals surface area (Å²) in [6, 6.07) is 11.7. The van der Waals surface area contributed by atoms with Gasteiger partial charge in [-0.05, 0) is 30.3 Å². The van der Waals surface area contributed by atoms with Crippen molar-refractivity contribution in [1.82, 2.24) is 5.32 Å². The minimum atomic E-state index is -0.607. The van der Waals surface area contributed by atoms with E-state index >= 15 is 0 Å². The molecule has 0 unspecified atom stereocenters. The van der Waals surface area contributed by atoms with E-state index in [1.165, 1.54) is 18.2 Å². The van der Waals surface area contributed by atoms with Crippen LogP contribution in [0.1, 0.15) is 10.4 Å². The standard InChI is InChI=1S/C17H16N4O4/c1-2-11-18-17(23)20-13-9-7-12(8-10-13)19-16(22)14-5-3-4-6-15(14)21(24)25/h2-10H,1,11H2,(H,19,22)(H2,18,20,23). The van der Waals surface area contributed by atoms with Crippen LogP contribution >= 0.6 is 0 Å². The lowest BCUT2D eigenvalue weighted by molar-refractivity contribution is -0.385. The fraction of sp³-hybridized carbons (Fsp3) is 0.0588. The van der Waals surface area contributed by atoms with Crippen LogP contribution in [-0.2, 0) is 0 Å². The Bertz CT molecular complexity index is 803. The minimum absolute atomic E-state index is 0.0292. The van der Waals surface area contributed by atoms with Crippen molar-refractivity contribution >= 4 is 29.0 Å². The fourth-order valence-corrected chi connectivity index (χ4v) is 2.00. The highest BCUT2D eigenvalue weighted by Gasteiger charge is 2.19. The Morgan fingerprint density at radius 1 is 1.04 bits per heavy atom. The summed E-state index contributed by atoms with van der Waals surface area (Å²) in [6.07, 6.45) is 1.56. The first kappa shape index (κ1) is 17.7. The molecular weight excluding hydrogens is 324 g/mol. The summed E-state index contributed by atoms with van der Waals surface area (Å²) >= 11 is 0. The first-order chi connectivity index (χ1) is 12.0. The first-order valence-electron chi connectivity index (χ1n) is 7.32. The second-order valence-electron chi connectivity index (χ2n) is 4.93. The summed E-state index contributed by atoms with van der Waals surface area (Å²) in [6.45, 7) is 3.84. The highest BCUT2D eigenvalue weighted by molar-refractivity contribution is 6.07. The van der Waals surface area contributed by atoms with Crippen molar-refractivity contribution in [3.8, 4) is 0 Å². The van der Waals surface area contributed by atoms with Gasteiger partial charge in [-0.15, -0.1) is 6.58 Å². The van der Waals surface area contributed by atoms with Gasteiger partial charge in [-0.2, -0.15) is 0 Å². The van der Waals surface area contributed by atoms with E-state index in [-0.39, 0.29) is 17.3 Å². The Hall–Kier alpha value is -3.68. The normalized spacial score (nSPS) is 9.76. The fourth-order valence-electron chi connectivity index (χ4n) is 2.00. The zero-order valence-corrected chi connectivity index (χ0v) is 13.2. The minimum Gasteiger partial charge on any atom is -0.334 e. The Kier molecular flexibility index (Phi) is 5.83. The molecule has 0 saturated heterocycles. The molecule has 0 spiro atoms. The second-order valence-corrected chi connectivity index (χ2v) is 4.93. The van der Waals surface area contributed by atoms with Gasteiger partial charge in [-0.25, -0.2) is 4.79 Å². The van der Waals surface area contributed by atoms with E-state index in [4.69, 9.17) is 0 Å². The number of anilines is 2. The van der Waals surface area contributed by atoms with E-state index in [1.54, 1.807) is 36.4 Å². The monoisotopic (exact) mass is 340 g/mol. The van der Waals surface area contributed by atoms with Gasteiger partial charge in [0.25, 0.3) is 11.6 Å². The number of nitro benzene ring substituents is 1. The summed E-state index contributed by atoms with van der Waals surface area (Å²) in [5.74, 6) is -0.586. The zero-order valence-electron chi connectivity index (χ0n) is 13.2. The molecular formula is C17H16N4O4. The Morgan fingerprint density at radius 3 is 2.24 bits per heavy atom. The molecule has 0 aromatic heterocycles. The molecule has 8 nitrogen and oxygen atoms in total. The molecule has 0 aliphatic heterocycles. The number of hydrogen-bond acceptors (Lipinski definition) is 4. The molecule has 25 heavy (non-hydrogen) atoms. The third-order valence-electron chi connectivity index (χ3n) is 3.15.